The molecule has 0 bridgehead atoms. The molecule has 1 heterocycles. The molecule has 0 aromatic heterocycles. The Morgan fingerprint density at radius 1 is 0.875 bits per heavy atom. The second-order valence-corrected chi connectivity index (χ2v) is 2.65. The lowest BCUT2D eigenvalue weighted by molar-refractivity contribution is -0.123. The molecule has 2 amide bonds. The number of hydrogen-bond acceptors (Lipinski definition) is 2. The summed E-state index contributed by atoms with van der Waals surface area (Å²) < 4.78 is 0. The van der Waals surface area contributed by atoms with E-state index in [1.165, 1.54) is 0 Å². The molecular weight excluding hydrogens is 202 g/mol. The summed E-state index contributed by atoms with van der Waals surface area (Å²) >= 11 is 0. The Bertz CT molecular complexity index is 317. The van der Waals surface area contributed by atoms with Gasteiger partial charge in [-0.1, -0.05) is 52.0 Å². The number of imide groups is 1. The van der Waals surface area contributed by atoms with E-state index < -0.39 is 0 Å². The largest absolute Gasteiger partial charge is 0.288 e. The highest BCUT2D eigenvalue weighted by atomic mass is 16.2. The van der Waals surface area contributed by atoms with Gasteiger partial charge >= 0.3 is 0 Å². The van der Waals surface area contributed by atoms with Crippen LogP contribution in [0.1, 0.15) is 34.1 Å². The third-order valence-electron chi connectivity index (χ3n) is 1.85. The average molecular weight is 221 g/mol. The Hall–Kier alpha value is -1.64. The fraction of sp³-hybridized carbons (Fsp3) is 0.385. The van der Waals surface area contributed by atoms with E-state index in [4.69, 9.17) is 0 Å². The molecule has 0 saturated carbocycles. The van der Waals surface area contributed by atoms with Crippen LogP contribution in [0.25, 0.3) is 0 Å². The van der Waals surface area contributed by atoms with Gasteiger partial charge in [0.2, 0.25) is 0 Å². The van der Waals surface area contributed by atoms with Crippen molar-refractivity contribution in [2.24, 2.45) is 0 Å². The molecule has 0 spiro atoms. The van der Waals surface area contributed by atoms with E-state index in [2.05, 4.69) is 5.32 Å². The smallest absolute Gasteiger partial charge is 0.258 e. The van der Waals surface area contributed by atoms with E-state index >= 15 is 0 Å². The summed E-state index contributed by atoms with van der Waals surface area (Å²) in [5.41, 5.74) is 0.961. The third kappa shape index (κ3) is 3.19. The van der Waals surface area contributed by atoms with E-state index in [0.717, 1.165) is 6.42 Å². The molecule has 0 saturated heterocycles. The molecule has 0 aromatic carbocycles. The molecule has 1 aliphatic heterocycles. The summed E-state index contributed by atoms with van der Waals surface area (Å²) in [6.45, 7) is 8.00. The van der Waals surface area contributed by atoms with E-state index in [0.29, 0.717) is 11.1 Å². The van der Waals surface area contributed by atoms with Crippen LogP contribution in [0, 0.1) is 0 Å². The second-order valence-electron chi connectivity index (χ2n) is 2.65. The van der Waals surface area contributed by atoms with E-state index in [9.17, 15) is 9.59 Å². The summed E-state index contributed by atoms with van der Waals surface area (Å²) in [6, 6.07) is 0. The summed E-state index contributed by atoms with van der Waals surface area (Å²) in [5.74, 6) is -0.587. The lowest BCUT2D eigenvalue weighted by Crippen LogP contribution is -2.22. The molecular formula is C13H19NO2. The number of allylic oxidation sites excluding steroid dienone is 2. The molecule has 16 heavy (non-hydrogen) atoms. The first-order valence-electron chi connectivity index (χ1n) is 5.72. The van der Waals surface area contributed by atoms with Crippen molar-refractivity contribution in [2.45, 2.75) is 34.1 Å². The van der Waals surface area contributed by atoms with Gasteiger partial charge in [-0.05, 0) is 6.42 Å². The molecule has 0 aromatic rings. The monoisotopic (exact) mass is 221 g/mol. The first-order valence-corrected chi connectivity index (χ1v) is 5.72. The lowest BCUT2D eigenvalue weighted by Gasteiger charge is -1.88. The second kappa shape index (κ2) is 7.63. The molecule has 1 aliphatic carbocycles. The Labute approximate surface area is 96.9 Å². The van der Waals surface area contributed by atoms with Crippen LogP contribution in [-0.4, -0.2) is 11.8 Å². The predicted octanol–water partition coefficient (Wildman–Crippen LogP) is 2.51. The van der Waals surface area contributed by atoms with Crippen molar-refractivity contribution in [2.75, 3.05) is 0 Å². The zero-order valence-corrected chi connectivity index (χ0v) is 10.3. The zero-order chi connectivity index (χ0) is 12.6. The molecule has 1 N–H and O–H groups in total. The number of nitrogens with one attached hydrogen (secondary N) is 1. The number of carbonyl (C=O) groups excluding carboxylic acids is 2. The molecule has 3 nitrogen and oxygen atoms in total. The van der Waals surface area contributed by atoms with Crippen molar-refractivity contribution in [3.05, 3.63) is 35.5 Å². The van der Waals surface area contributed by atoms with Gasteiger partial charge in [0, 0.05) is 0 Å². The highest BCUT2D eigenvalue weighted by Crippen LogP contribution is 2.18. The molecule has 0 unspecified atom stereocenters. The van der Waals surface area contributed by atoms with Gasteiger partial charge in [-0.15, -0.1) is 0 Å². The summed E-state index contributed by atoms with van der Waals surface area (Å²) in [5, 5.41) is 2.23. The van der Waals surface area contributed by atoms with Crippen molar-refractivity contribution in [1.82, 2.24) is 5.32 Å². The van der Waals surface area contributed by atoms with Crippen LogP contribution in [0.2, 0.25) is 0 Å². The van der Waals surface area contributed by atoms with Gasteiger partial charge in [0.1, 0.15) is 0 Å². The minimum atomic E-state index is -0.294. The highest BCUT2D eigenvalue weighted by molar-refractivity contribution is 6.22. The minimum absolute atomic E-state index is 0.294. The van der Waals surface area contributed by atoms with Gasteiger partial charge < -0.3 is 0 Å². The van der Waals surface area contributed by atoms with Crippen LogP contribution in [0.3, 0.4) is 0 Å². The maximum atomic E-state index is 11.1. The van der Waals surface area contributed by atoms with Crippen LogP contribution < -0.4 is 5.32 Å². The quantitative estimate of drug-likeness (QED) is 0.639. The molecule has 3 heteroatoms. The van der Waals surface area contributed by atoms with Crippen molar-refractivity contribution in [3.8, 4) is 0 Å². The number of rotatable bonds is 0. The number of amides is 2. The first-order chi connectivity index (χ1) is 7.79. The van der Waals surface area contributed by atoms with Crippen LogP contribution in [0.15, 0.2) is 35.5 Å². The minimum Gasteiger partial charge on any atom is -0.288 e. The molecule has 0 atom stereocenters. The molecule has 0 radical (unpaired) electrons. The summed E-state index contributed by atoms with van der Waals surface area (Å²) in [6.07, 6.45) is 7.87. The fourth-order valence-corrected chi connectivity index (χ4v) is 1.26. The van der Waals surface area contributed by atoms with Crippen molar-refractivity contribution < 1.29 is 9.59 Å². The predicted molar refractivity (Wildman–Crippen MR) is 65.8 cm³/mol. The Morgan fingerprint density at radius 2 is 1.25 bits per heavy atom. The van der Waals surface area contributed by atoms with Crippen molar-refractivity contribution >= 4 is 11.8 Å². The van der Waals surface area contributed by atoms with Crippen molar-refractivity contribution in [3.63, 3.8) is 0 Å². The van der Waals surface area contributed by atoms with Gasteiger partial charge in [-0.2, -0.15) is 0 Å². The van der Waals surface area contributed by atoms with Crippen LogP contribution in [-0.2, 0) is 9.59 Å². The lowest BCUT2D eigenvalue weighted by atomic mass is 10.1. The van der Waals surface area contributed by atoms with Gasteiger partial charge in [0.25, 0.3) is 11.8 Å². The van der Waals surface area contributed by atoms with Crippen LogP contribution in [0.5, 0.6) is 0 Å². The highest BCUT2D eigenvalue weighted by Gasteiger charge is 2.26. The van der Waals surface area contributed by atoms with Gasteiger partial charge in [-0.3, -0.25) is 14.9 Å². The average Bonchev–Trinajstić information content (AvgIpc) is 2.55. The number of hydrogen-bond donors (Lipinski definition) is 1. The van der Waals surface area contributed by atoms with Crippen LogP contribution in [0.4, 0.5) is 0 Å². The normalized spacial score (nSPS) is 16.5. The van der Waals surface area contributed by atoms with E-state index in [1.54, 1.807) is 12.2 Å². The van der Waals surface area contributed by atoms with E-state index in [-0.39, 0.29) is 11.8 Å². The Balaban J connectivity index is 0.000000509. The molecule has 0 fully saturated rings. The SMILES string of the molecule is CC.CC.O=C1NC(=O)C2=C1C=CCC=C2. The third-order valence-corrected chi connectivity index (χ3v) is 1.85. The standard InChI is InChI=1S/C9H7NO2.2C2H6/c11-8-6-4-2-1-3-5-7(6)9(12)10-8;2*1-2/h2-5H,1H2,(H,10,11,12);2*1-2H3. The first kappa shape index (κ1) is 14.4. The maximum Gasteiger partial charge on any atom is 0.258 e. The number of carbonyl (C=O) groups is 2. The Kier molecular flexibility index (Phi) is 6.84. The van der Waals surface area contributed by atoms with Gasteiger partial charge in [-0.25, -0.2) is 0 Å². The Morgan fingerprint density at radius 3 is 1.62 bits per heavy atom. The maximum absolute atomic E-state index is 11.1. The molecule has 88 valence electrons. The molecule has 2 aliphatic rings. The van der Waals surface area contributed by atoms with E-state index in [1.807, 2.05) is 39.8 Å². The van der Waals surface area contributed by atoms with Crippen LogP contribution >= 0.6 is 0 Å². The fourth-order valence-electron chi connectivity index (χ4n) is 1.26. The topological polar surface area (TPSA) is 46.2 Å². The van der Waals surface area contributed by atoms with Crippen molar-refractivity contribution in [1.29, 1.82) is 0 Å². The molecule has 2 rings (SSSR count). The summed E-state index contributed by atoms with van der Waals surface area (Å²) in [4.78, 5) is 22.2. The summed E-state index contributed by atoms with van der Waals surface area (Å²) in [7, 11) is 0. The van der Waals surface area contributed by atoms with Gasteiger partial charge in [0.05, 0.1) is 11.1 Å². The zero-order valence-electron chi connectivity index (χ0n) is 10.3. The van der Waals surface area contributed by atoms with Gasteiger partial charge in [0.15, 0.2) is 0 Å².